The predicted octanol–water partition coefficient (Wildman–Crippen LogP) is 8.22. The first-order chi connectivity index (χ1) is 9.68. The van der Waals surface area contributed by atoms with E-state index in [0.29, 0.717) is 16.2 Å². The summed E-state index contributed by atoms with van der Waals surface area (Å²) in [5, 5.41) is 0. The lowest BCUT2D eigenvalue weighted by Gasteiger charge is -2.10. The Morgan fingerprint density at radius 3 is 1.23 bits per heavy atom. The van der Waals surface area contributed by atoms with Crippen LogP contribution in [0.25, 0.3) is 0 Å². The van der Waals surface area contributed by atoms with Crippen molar-refractivity contribution in [1.29, 1.82) is 0 Å². The molecule has 0 amide bonds. The summed E-state index contributed by atoms with van der Waals surface area (Å²) >= 11 is 0. The van der Waals surface area contributed by atoms with Gasteiger partial charge in [-0.25, -0.2) is 0 Å². The van der Waals surface area contributed by atoms with Gasteiger partial charge in [0.1, 0.15) is 0 Å². The van der Waals surface area contributed by atoms with Gasteiger partial charge in [-0.15, -0.1) is 6.58 Å². The van der Waals surface area contributed by atoms with Crippen molar-refractivity contribution >= 4 is 0 Å². The summed E-state index contributed by atoms with van der Waals surface area (Å²) in [6, 6.07) is 0. The van der Waals surface area contributed by atoms with E-state index in [0.717, 1.165) is 0 Å². The van der Waals surface area contributed by atoms with Gasteiger partial charge in [-0.2, -0.15) is 0 Å². The van der Waals surface area contributed by atoms with E-state index in [1.807, 2.05) is 13.0 Å². The van der Waals surface area contributed by atoms with Crippen molar-refractivity contribution < 1.29 is 0 Å². The molecule has 0 spiro atoms. The quantitative estimate of drug-likeness (QED) is 0.451. The highest BCUT2D eigenvalue weighted by molar-refractivity contribution is 4.91. The molecular weight excluding hydrogens is 264 g/mol. The van der Waals surface area contributed by atoms with Gasteiger partial charge in [-0.3, -0.25) is 0 Å². The van der Waals surface area contributed by atoms with Crippen molar-refractivity contribution in [3.63, 3.8) is 0 Å². The maximum Gasteiger partial charge on any atom is -0.0203 e. The second kappa shape index (κ2) is 12.7. The fraction of sp³-hybridized carbons (Fsp3) is 0.727. The molecule has 22 heavy (non-hydrogen) atoms. The highest BCUT2D eigenvalue weighted by atomic mass is 14.1. The fourth-order valence-electron chi connectivity index (χ4n) is 1.10. The molecule has 0 atom stereocenters. The zero-order valence-corrected chi connectivity index (χ0v) is 17.5. The average Bonchev–Trinajstić information content (AvgIpc) is 2.27. The van der Waals surface area contributed by atoms with Crippen LogP contribution in [-0.4, -0.2) is 0 Å². The molecule has 0 aromatic carbocycles. The first kappa shape index (κ1) is 26.1. The van der Waals surface area contributed by atoms with Crippen molar-refractivity contribution in [2.75, 3.05) is 0 Å². The lowest BCUT2D eigenvalue weighted by atomic mass is 9.96. The van der Waals surface area contributed by atoms with Gasteiger partial charge >= 0.3 is 0 Å². The zero-order valence-electron chi connectivity index (χ0n) is 17.5. The van der Waals surface area contributed by atoms with E-state index in [1.165, 1.54) is 12.8 Å². The van der Waals surface area contributed by atoms with E-state index in [9.17, 15) is 0 Å². The van der Waals surface area contributed by atoms with Crippen LogP contribution in [0.1, 0.15) is 89.0 Å². The average molecular weight is 309 g/mol. The molecular formula is C22H44. The Morgan fingerprint density at radius 2 is 1.09 bits per heavy atom. The minimum Gasteiger partial charge on any atom is -0.103 e. The number of unbranched alkanes of at least 4 members (excludes halogenated alkanes) is 1. The third-order valence-corrected chi connectivity index (χ3v) is 2.35. The van der Waals surface area contributed by atoms with E-state index in [2.05, 4.69) is 100 Å². The standard InChI is InChI=1S/C9H18.C7H14.C6H12/c1-5-6-7-8-9(2,3)4;1-5-6-7(2,3)4;1-5-6(2,3)4/h7-8H,5-6H2,1-4H3;5-6H,1-4H3;5H,1H2,2-4H3/b8-7+;6-5+;. The molecule has 0 N–H and O–H groups in total. The number of hydrogen-bond donors (Lipinski definition) is 0. The normalized spacial score (nSPS) is 12.5. The van der Waals surface area contributed by atoms with Crippen molar-refractivity contribution in [3.8, 4) is 0 Å². The molecule has 0 heterocycles. The first-order valence-corrected chi connectivity index (χ1v) is 8.63. The van der Waals surface area contributed by atoms with Crippen LogP contribution >= 0.6 is 0 Å². The minimum absolute atomic E-state index is 0.306. The van der Waals surface area contributed by atoms with Gasteiger partial charge in [-0.1, -0.05) is 106 Å². The monoisotopic (exact) mass is 308 g/mol. The Balaban J connectivity index is -0.000000252. The zero-order chi connectivity index (χ0) is 18.4. The van der Waals surface area contributed by atoms with Crippen molar-refractivity contribution in [2.24, 2.45) is 16.2 Å². The van der Waals surface area contributed by atoms with E-state index in [4.69, 9.17) is 0 Å². The molecule has 0 aliphatic carbocycles. The molecule has 0 aliphatic heterocycles. The minimum atomic E-state index is 0.306. The van der Waals surface area contributed by atoms with E-state index >= 15 is 0 Å². The highest BCUT2D eigenvalue weighted by Gasteiger charge is 2.02. The number of hydrogen-bond acceptors (Lipinski definition) is 0. The number of allylic oxidation sites excluding steroid dienone is 5. The van der Waals surface area contributed by atoms with Crippen LogP contribution in [0.3, 0.4) is 0 Å². The molecule has 0 aromatic heterocycles. The summed E-state index contributed by atoms with van der Waals surface area (Å²) in [5.41, 5.74) is 1.05. The van der Waals surface area contributed by atoms with Gasteiger partial charge in [0.05, 0.1) is 0 Å². The van der Waals surface area contributed by atoms with Crippen LogP contribution in [0.4, 0.5) is 0 Å². The number of rotatable bonds is 2. The van der Waals surface area contributed by atoms with Gasteiger partial charge in [0.15, 0.2) is 0 Å². The van der Waals surface area contributed by atoms with Crippen molar-refractivity contribution in [3.05, 3.63) is 37.0 Å². The smallest absolute Gasteiger partial charge is 0.0203 e. The molecule has 0 bridgehead atoms. The molecule has 0 heteroatoms. The van der Waals surface area contributed by atoms with Crippen molar-refractivity contribution in [2.45, 2.75) is 89.0 Å². The van der Waals surface area contributed by atoms with Crippen molar-refractivity contribution in [1.82, 2.24) is 0 Å². The van der Waals surface area contributed by atoms with Gasteiger partial charge in [-0.05, 0) is 29.6 Å². The van der Waals surface area contributed by atoms with Gasteiger partial charge in [0.25, 0.3) is 0 Å². The molecule has 0 nitrogen and oxygen atoms in total. The summed E-state index contributed by atoms with van der Waals surface area (Å²) in [6.07, 6.45) is 13.2. The van der Waals surface area contributed by atoms with E-state index in [-0.39, 0.29) is 0 Å². The molecule has 0 rings (SSSR count). The van der Waals surface area contributed by atoms with Crippen LogP contribution in [0, 0.1) is 16.2 Å². The molecule has 0 aliphatic rings. The van der Waals surface area contributed by atoms with Gasteiger partial charge in [0, 0.05) is 0 Å². The predicted molar refractivity (Wildman–Crippen MR) is 107 cm³/mol. The van der Waals surface area contributed by atoms with Crippen LogP contribution in [0.15, 0.2) is 37.0 Å². The Hall–Kier alpha value is -0.780. The SMILES string of the molecule is C/C=C/C(C)(C)C.C=CC(C)(C)C.CCC/C=C/C(C)(C)C. The second-order valence-electron chi connectivity index (χ2n) is 8.99. The first-order valence-electron chi connectivity index (χ1n) is 8.63. The molecule has 0 saturated carbocycles. The Kier molecular flexibility index (Phi) is 15.1. The maximum atomic E-state index is 3.63. The lowest BCUT2D eigenvalue weighted by molar-refractivity contribution is 0.541. The van der Waals surface area contributed by atoms with Crippen LogP contribution in [-0.2, 0) is 0 Å². The van der Waals surface area contributed by atoms with E-state index in [1.54, 1.807) is 0 Å². The Bertz CT molecular complexity index is 294. The topological polar surface area (TPSA) is 0 Å². The second-order valence-corrected chi connectivity index (χ2v) is 8.99. The summed E-state index contributed by atoms with van der Waals surface area (Å²) in [5.74, 6) is 0. The molecule has 0 radical (unpaired) electrons. The summed E-state index contributed by atoms with van der Waals surface area (Å²) < 4.78 is 0. The Morgan fingerprint density at radius 1 is 0.727 bits per heavy atom. The van der Waals surface area contributed by atoms with Gasteiger partial charge in [0.2, 0.25) is 0 Å². The van der Waals surface area contributed by atoms with Crippen LogP contribution in [0.5, 0.6) is 0 Å². The third kappa shape index (κ3) is 42.7. The molecule has 132 valence electrons. The lowest BCUT2D eigenvalue weighted by Crippen LogP contribution is -1.97. The van der Waals surface area contributed by atoms with E-state index < -0.39 is 0 Å². The fourth-order valence-corrected chi connectivity index (χ4v) is 1.10. The Labute approximate surface area is 142 Å². The van der Waals surface area contributed by atoms with Crippen LogP contribution < -0.4 is 0 Å². The molecule has 0 aromatic rings. The molecule has 0 fully saturated rings. The maximum absolute atomic E-state index is 3.63. The highest BCUT2D eigenvalue weighted by Crippen LogP contribution is 2.15. The molecule has 0 unspecified atom stereocenters. The van der Waals surface area contributed by atoms with Gasteiger partial charge < -0.3 is 0 Å². The summed E-state index contributed by atoms with van der Waals surface area (Å²) in [6.45, 7) is 27.5. The van der Waals surface area contributed by atoms with Crippen LogP contribution in [0.2, 0.25) is 0 Å². The summed E-state index contributed by atoms with van der Waals surface area (Å²) in [7, 11) is 0. The summed E-state index contributed by atoms with van der Waals surface area (Å²) in [4.78, 5) is 0. The third-order valence-electron chi connectivity index (χ3n) is 2.35. The molecule has 0 saturated heterocycles. The largest absolute Gasteiger partial charge is 0.103 e.